The maximum atomic E-state index is 5.81. The van der Waals surface area contributed by atoms with E-state index in [1.807, 2.05) is 12.1 Å². The van der Waals surface area contributed by atoms with Crippen LogP contribution in [0.15, 0.2) is 47.6 Å². The first-order chi connectivity index (χ1) is 13.2. The van der Waals surface area contributed by atoms with E-state index in [2.05, 4.69) is 49.8 Å². The smallest absolute Gasteiger partial charge is 0.191 e. The fourth-order valence-corrected chi connectivity index (χ4v) is 3.04. The van der Waals surface area contributed by atoms with Gasteiger partial charge in [-0.05, 0) is 35.7 Å². The molecule has 0 saturated carbocycles. The quantitative estimate of drug-likeness (QED) is 0.453. The summed E-state index contributed by atoms with van der Waals surface area (Å²) in [4.78, 5) is 10.7. The molecule has 27 heavy (non-hydrogen) atoms. The number of ether oxygens (including phenoxy) is 1. The highest BCUT2D eigenvalue weighted by Crippen LogP contribution is 2.16. The number of aromatic nitrogens is 1. The molecule has 2 aromatic rings. The number of halogens is 1. The zero-order chi connectivity index (χ0) is 18.9. The lowest BCUT2D eigenvalue weighted by Crippen LogP contribution is -2.38. The van der Waals surface area contributed by atoms with Crippen molar-refractivity contribution < 1.29 is 4.74 Å². The van der Waals surface area contributed by atoms with Crippen molar-refractivity contribution in [1.29, 1.82) is 0 Å². The van der Waals surface area contributed by atoms with Crippen LogP contribution in [0.1, 0.15) is 11.1 Å². The molecule has 0 radical (unpaired) electrons. The fraction of sp³-hybridized carbons (Fsp3) is 0.400. The van der Waals surface area contributed by atoms with E-state index in [-0.39, 0.29) is 0 Å². The van der Waals surface area contributed by atoms with Gasteiger partial charge in [-0.15, -0.1) is 0 Å². The SMILES string of the molecule is CN=C(NCCc1ccc(Cl)nc1)NCc1ccc(N2CCOCC2)cc1. The van der Waals surface area contributed by atoms with Crippen LogP contribution in [-0.4, -0.2) is 50.8 Å². The number of aliphatic imine (C=N–C) groups is 1. The van der Waals surface area contributed by atoms with Crippen molar-refractivity contribution >= 4 is 23.2 Å². The van der Waals surface area contributed by atoms with Crippen molar-refractivity contribution in [2.75, 3.05) is 44.8 Å². The highest BCUT2D eigenvalue weighted by atomic mass is 35.5. The molecule has 3 rings (SSSR count). The second kappa shape index (κ2) is 10.1. The van der Waals surface area contributed by atoms with Crippen LogP contribution in [-0.2, 0) is 17.7 Å². The molecular weight excluding hydrogens is 362 g/mol. The first-order valence-electron chi connectivity index (χ1n) is 9.21. The average Bonchev–Trinajstić information content (AvgIpc) is 2.73. The standard InChI is InChI=1S/C20H26ClN5O/c1-22-20(23-9-8-17-4-7-19(21)24-14-17)25-15-16-2-5-18(6-3-16)26-10-12-27-13-11-26/h2-7,14H,8-13,15H2,1H3,(H2,22,23,25). The molecule has 0 atom stereocenters. The van der Waals surface area contributed by atoms with Gasteiger partial charge in [0.15, 0.2) is 5.96 Å². The zero-order valence-corrected chi connectivity index (χ0v) is 16.4. The lowest BCUT2D eigenvalue weighted by molar-refractivity contribution is 0.122. The molecule has 0 aliphatic carbocycles. The van der Waals surface area contributed by atoms with Gasteiger partial charge in [0.05, 0.1) is 13.2 Å². The lowest BCUT2D eigenvalue weighted by Gasteiger charge is -2.28. The Morgan fingerprint density at radius 2 is 1.85 bits per heavy atom. The Kier molecular flexibility index (Phi) is 7.30. The van der Waals surface area contributed by atoms with E-state index < -0.39 is 0 Å². The molecule has 2 heterocycles. The number of anilines is 1. The van der Waals surface area contributed by atoms with Gasteiger partial charge < -0.3 is 20.3 Å². The number of pyridine rings is 1. The normalized spacial score (nSPS) is 14.9. The van der Waals surface area contributed by atoms with Crippen LogP contribution in [0.5, 0.6) is 0 Å². The first-order valence-corrected chi connectivity index (χ1v) is 9.59. The number of nitrogens with one attached hydrogen (secondary N) is 2. The fourth-order valence-electron chi connectivity index (χ4n) is 2.93. The molecular formula is C20H26ClN5O. The van der Waals surface area contributed by atoms with Gasteiger partial charge in [0.25, 0.3) is 0 Å². The summed E-state index contributed by atoms with van der Waals surface area (Å²) >= 11 is 5.81. The maximum Gasteiger partial charge on any atom is 0.191 e. The second-order valence-electron chi connectivity index (χ2n) is 6.36. The van der Waals surface area contributed by atoms with Gasteiger partial charge >= 0.3 is 0 Å². The van der Waals surface area contributed by atoms with Crippen molar-refractivity contribution in [1.82, 2.24) is 15.6 Å². The monoisotopic (exact) mass is 387 g/mol. The predicted octanol–water partition coefficient (Wildman–Crippen LogP) is 2.48. The molecule has 2 N–H and O–H groups in total. The van der Waals surface area contributed by atoms with Crippen molar-refractivity contribution in [2.45, 2.75) is 13.0 Å². The van der Waals surface area contributed by atoms with Crippen LogP contribution in [0, 0.1) is 0 Å². The van der Waals surface area contributed by atoms with Gasteiger partial charge in [0, 0.05) is 45.1 Å². The third-order valence-corrected chi connectivity index (χ3v) is 4.71. The summed E-state index contributed by atoms with van der Waals surface area (Å²) < 4.78 is 5.41. The first kappa shape index (κ1) is 19.5. The Balaban J connectivity index is 1.42. The van der Waals surface area contributed by atoms with Gasteiger partial charge in [-0.2, -0.15) is 0 Å². The Morgan fingerprint density at radius 1 is 1.11 bits per heavy atom. The van der Waals surface area contributed by atoms with E-state index in [0.717, 1.165) is 57.3 Å². The molecule has 1 aromatic carbocycles. The van der Waals surface area contributed by atoms with Crippen molar-refractivity contribution in [2.24, 2.45) is 4.99 Å². The topological polar surface area (TPSA) is 61.8 Å². The number of morpholine rings is 1. The molecule has 144 valence electrons. The minimum Gasteiger partial charge on any atom is -0.378 e. The molecule has 0 bridgehead atoms. The van der Waals surface area contributed by atoms with Crippen LogP contribution in [0.3, 0.4) is 0 Å². The van der Waals surface area contributed by atoms with E-state index in [0.29, 0.717) is 5.15 Å². The summed E-state index contributed by atoms with van der Waals surface area (Å²) in [6, 6.07) is 12.5. The highest BCUT2D eigenvalue weighted by Gasteiger charge is 2.10. The molecule has 0 amide bonds. The molecule has 0 spiro atoms. The van der Waals surface area contributed by atoms with Crippen LogP contribution >= 0.6 is 11.6 Å². The number of hydrogen-bond acceptors (Lipinski definition) is 4. The van der Waals surface area contributed by atoms with Crippen molar-refractivity contribution in [3.63, 3.8) is 0 Å². The zero-order valence-electron chi connectivity index (χ0n) is 15.6. The third kappa shape index (κ3) is 6.12. The summed E-state index contributed by atoms with van der Waals surface area (Å²) in [6.07, 6.45) is 2.66. The molecule has 1 aromatic heterocycles. The summed E-state index contributed by atoms with van der Waals surface area (Å²) in [5.41, 5.74) is 3.61. The molecule has 0 unspecified atom stereocenters. The van der Waals surface area contributed by atoms with Gasteiger partial charge in [0.1, 0.15) is 5.15 Å². The van der Waals surface area contributed by atoms with E-state index in [4.69, 9.17) is 16.3 Å². The maximum absolute atomic E-state index is 5.81. The van der Waals surface area contributed by atoms with Crippen LogP contribution in [0.4, 0.5) is 5.69 Å². The molecule has 6 nitrogen and oxygen atoms in total. The van der Waals surface area contributed by atoms with E-state index in [9.17, 15) is 0 Å². The van der Waals surface area contributed by atoms with Gasteiger partial charge in [0.2, 0.25) is 0 Å². The van der Waals surface area contributed by atoms with Crippen molar-refractivity contribution in [3.8, 4) is 0 Å². The molecule has 1 aliphatic rings. The molecule has 1 aliphatic heterocycles. The number of hydrogen-bond donors (Lipinski definition) is 2. The molecule has 7 heteroatoms. The summed E-state index contributed by atoms with van der Waals surface area (Å²) in [7, 11) is 1.78. The van der Waals surface area contributed by atoms with Crippen molar-refractivity contribution in [3.05, 3.63) is 58.9 Å². The van der Waals surface area contributed by atoms with E-state index in [1.54, 1.807) is 13.2 Å². The summed E-state index contributed by atoms with van der Waals surface area (Å²) in [6.45, 7) is 5.02. The summed E-state index contributed by atoms with van der Waals surface area (Å²) in [5.74, 6) is 0.786. The predicted molar refractivity (Wildman–Crippen MR) is 111 cm³/mol. The van der Waals surface area contributed by atoms with Crippen LogP contribution < -0.4 is 15.5 Å². The Bertz CT molecular complexity index is 727. The number of benzene rings is 1. The van der Waals surface area contributed by atoms with Gasteiger partial charge in [-0.3, -0.25) is 4.99 Å². The largest absolute Gasteiger partial charge is 0.378 e. The highest BCUT2D eigenvalue weighted by molar-refractivity contribution is 6.29. The average molecular weight is 388 g/mol. The van der Waals surface area contributed by atoms with Gasteiger partial charge in [-0.1, -0.05) is 29.8 Å². The Hall–Kier alpha value is -2.31. The minimum absolute atomic E-state index is 0.517. The van der Waals surface area contributed by atoms with E-state index >= 15 is 0 Å². The van der Waals surface area contributed by atoms with Crippen LogP contribution in [0.2, 0.25) is 5.15 Å². The summed E-state index contributed by atoms with van der Waals surface area (Å²) in [5, 5.41) is 7.19. The van der Waals surface area contributed by atoms with Gasteiger partial charge in [-0.25, -0.2) is 4.98 Å². The minimum atomic E-state index is 0.517. The number of nitrogens with zero attached hydrogens (tertiary/aromatic N) is 3. The molecule has 1 saturated heterocycles. The van der Waals surface area contributed by atoms with Crippen LogP contribution in [0.25, 0.3) is 0 Å². The Labute approximate surface area is 165 Å². The number of guanidine groups is 1. The molecule has 1 fully saturated rings. The number of rotatable bonds is 6. The lowest BCUT2D eigenvalue weighted by atomic mass is 10.2. The van der Waals surface area contributed by atoms with E-state index in [1.165, 1.54) is 11.3 Å². The second-order valence-corrected chi connectivity index (χ2v) is 6.74. The third-order valence-electron chi connectivity index (χ3n) is 4.49. The Morgan fingerprint density at radius 3 is 2.52 bits per heavy atom.